The summed E-state index contributed by atoms with van der Waals surface area (Å²) >= 11 is 6.04. The fourth-order valence-corrected chi connectivity index (χ4v) is 5.56. The minimum Gasteiger partial charge on any atom is -0.476 e. The third-order valence-electron chi connectivity index (χ3n) is 7.81. The predicted molar refractivity (Wildman–Crippen MR) is 159 cm³/mol. The van der Waals surface area contributed by atoms with E-state index in [9.17, 15) is 9.90 Å². The second kappa shape index (κ2) is 12.2. The summed E-state index contributed by atoms with van der Waals surface area (Å²) in [5, 5.41) is 11.9. The predicted octanol–water partition coefficient (Wildman–Crippen LogP) is 6.56. The number of aromatic nitrogens is 1. The highest BCUT2D eigenvalue weighted by molar-refractivity contribution is 6.30. The molecule has 2 aliphatic heterocycles. The molecule has 3 aromatic rings. The van der Waals surface area contributed by atoms with Crippen LogP contribution < -0.4 is 9.47 Å². The maximum atomic E-state index is 12.5. The zero-order valence-electron chi connectivity index (χ0n) is 23.9. The third kappa shape index (κ3) is 6.58. The van der Waals surface area contributed by atoms with Crippen LogP contribution in [0.15, 0.2) is 66.9 Å². The van der Waals surface area contributed by atoms with Gasteiger partial charge in [-0.25, -0.2) is 9.78 Å². The van der Waals surface area contributed by atoms with E-state index in [0.29, 0.717) is 41.7 Å². The Morgan fingerprint density at radius 1 is 1.15 bits per heavy atom. The highest BCUT2D eigenvalue weighted by Crippen LogP contribution is 2.42. The summed E-state index contributed by atoms with van der Waals surface area (Å²) in [6.45, 7) is 7.98. The Hall–Kier alpha value is -3.39. The fraction of sp³-hybridized carbons (Fsp3) is 0.394. The molecule has 0 amide bonds. The van der Waals surface area contributed by atoms with Crippen molar-refractivity contribution >= 4 is 23.1 Å². The number of halogens is 1. The summed E-state index contributed by atoms with van der Waals surface area (Å²) in [4.78, 5) is 19.4. The molecule has 0 radical (unpaired) electrons. The van der Waals surface area contributed by atoms with Gasteiger partial charge < -0.3 is 24.2 Å². The largest absolute Gasteiger partial charge is 0.476 e. The van der Waals surface area contributed by atoms with Crippen molar-refractivity contribution in [3.05, 3.63) is 88.6 Å². The van der Waals surface area contributed by atoms with Gasteiger partial charge in [0.05, 0.1) is 12.2 Å². The summed E-state index contributed by atoms with van der Waals surface area (Å²) in [6, 6.07) is 17.1. The number of nitrogens with zero attached hydrogens (tertiary/aromatic N) is 2. The van der Waals surface area contributed by atoms with Crippen molar-refractivity contribution in [3.63, 3.8) is 0 Å². The first-order valence-electron chi connectivity index (χ1n) is 14.2. The molecule has 41 heavy (non-hydrogen) atoms. The zero-order chi connectivity index (χ0) is 29.0. The minimum atomic E-state index is -1.16. The minimum absolute atomic E-state index is 0.285. The van der Waals surface area contributed by atoms with Crippen LogP contribution in [0.5, 0.6) is 17.4 Å². The van der Waals surface area contributed by atoms with Gasteiger partial charge in [0.15, 0.2) is 5.60 Å². The number of hydrogen-bond donors (Lipinski definition) is 1. The Kier molecular flexibility index (Phi) is 8.68. The first-order chi connectivity index (χ1) is 19.7. The van der Waals surface area contributed by atoms with Crippen LogP contribution in [-0.2, 0) is 21.6 Å². The summed E-state index contributed by atoms with van der Waals surface area (Å²) < 4.78 is 17.7. The first kappa shape index (κ1) is 29.1. The number of carbonyl (C=O) groups excluding carboxylic acids is 1. The Morgan fingerprint density at radius 3 is 2.63 bits per heavy atom. The van der Waals surface area contributed by atoms with E-state index in [2.05, 4.69) is 16.0 Å². The van der Waals surface area contributed by atoms with E-state index in [1.54, 1.807) is 27.0 Å². The lowest BCUT2D eigenvalue weighted by Gasteiger charge is -2.38. The molecule has 2 aromatic carbocycles. The quantitative estimate of drug-likeness (QED) is 0.304. The van der Waals surface area contributed by atoms with Gasteiger partial charge in [-0.3, -0.25) is 0 Å². The molecule has 0 aliphatic carbocycles. The maximum absolute atomic E-state index is 12.5. The van der Waals surface area contributed by atoms with E-state index in [1.165, 1.54) is 0 Å². The second-order valence-electron chi connectivity index (χ2n) is 11.1. The van der Waals surface area contributed by atoms with Gasteiger partial charge in [0.25, 0.3) is 0 Å². The topological polar surface area (TPSA) is 81.1 Å². The normalized spacial score (nSPS) is 17.6. The lowest BCUT2D eigenvalue weighted by Crippen LogP contribution is -2.42. The number of likely N-dealkylation sites (tertiary alicyclic amines) is 1. The van der Waals surface area contributed by atoms with Gasteiger partial charge in [0, 0.05) is 48.4 Å². The lowest BCUT2D eigenvalue weighted by molar-refractivity contribution is -0.158. The average Bonchev–Trinajstić information content (AvgIpc) is 3.12. The standard InChI is InChI=1S/C33H37ClN2O5/c1-4-39-31(37)32(2,3)41-29-11-5-10-28-27(29)22-23(26-9-6-18-35-30(26)40-28)8-7-19-36-20-16-33(38,17-21-36)24-12-14-25(34)15-13-24/h5-6,8-15,18,38H,4,7,16-17,19-22H2,1-3H3. The summed E-state index contributed by atoms with van der Waals surface area (Å²) in [5.74, 6) is 1.36. The number of pyridine rings is 1. The van der Waals surface area contributed by atoms with Crippen LogP contribution in [0.25, 0.3) is 5.57 Å². The third-order valence-corrected chi connectivity index (χ3v) is 8.07. The molecule has 1 N–H and O–H groups in total. The van der Waals surface area contributed by atoms with Crippen LogP contribution >= 0.6 is 11.6 Å². The summed E-state index contributed by atoms with van der Waals surface area (Å²) in [5.41, 5.74) is 1.84. The number of benzene rings is 2. The Balaban J connectivity index is 1.32. The van der Waals surface area contributed by atoms with Crippen molar-refractivity contribution < 1.29 is 24.1 Å². The van der Waals surface area contributed by atoms with Gasteiger partial charge >= 0.3 is 5.97 Å². The number of piperidine rings is 1. The Bertz CT molecular complexity index is 1410. The van der Waals surface area contributed by atoms with Crippen molar-refractivity contribution in [2.75, 3.05) is 26.2 Å². The molecule has 0 saturated carbocycles. The average molecular weight is 577 g/mol. The number of carbonyl (C=O) groups is 1. The van der Waals surface area contributed by atoms with Crippen LogP contribution in [-0.4, -0.2) is 52.8 Å². The van der Waals surface area contributed by atoms with E-state index in [-0.39, 0.29) is 6.61 Å². The van der Waals surface area contributed by atoms with Crippen LogP contribution in [0.3, 0.4) is 0 Å². The molecule has 0 atom stereocenters. The molecule has 5 rings (SSSR count). The molecular weight excluding hydrogens is 540 g/mol. The molecule has 216 valence electrons. The van der Waals surface area contributed by atoms with Crippen LogP contribution in [0.2, 0.25) is 5.02 Å². The first-order valence-corrected chi connectivity index (χ1v) is 14.6. The molecule has 1 fully saturated rings. The molecule has 3 heterocycles. The SMILES string of the molecule is CCOC(=O)C(C)(C)Oc1cccc2c1CC(=CCCN1CCC(O)(c3ccc(Cl)cc3)CC1)c1cccnc1O2. The number of fused-ring (bicyclic) bond motifs is 2. The van der Waals surface area contributed by atoms with Crippen molar-refractivity contribution in [1.29, 1.82) is 0 Å². The van der Waals surface area contributed by atoms with Crippen LogP contribution in [0.1, 0.15) is 56.7 Å². The fourth-order valence-electron chi connectivity index (χ4n) is 5.44. The molecule has 1 saturated heterocycles. The van der Waals surface area contributed by atoms with Gasteiger partial charge in [-0.1, -0.05) is 35.9 Å². The summed E-state index contributed by atoms with van der Waals surface area (Å²) in [7, 11) is 0. The van der Waals surface area contributed by atoms with E-state index in [4.69, 9.17) is 25.8 Å². The van der Waals surface area contributed by atoms with Gasteiger partial charge in [0.1, 0.15) is 11.5 Å². The van der Waals surface area contributed by atoms with Gasteiger partial charge in [-0.05, 0) is 87.6 Å². The number of esters is 1. The molecule has 0 spiro atoms. The highest BCUT2D eigenvalue weighted by Gasteiger charge is 2.35. The molecule has 7 nitrogen and oxygen atoms in total. The number of allylic oxidation sites excluding steroid dienone is 1. The Morgan fingerprint density at radius 2 is 1.90 bits per heavy atom. The van der Waals surface area contributed by atoms with Gasteiger partial charge in [0.2, 0.25) is 5.88 Å². The molecule has 8 heteroatoms. The van der Waals surface area contributed by atoms with Crippen molar-refractivity contribution in [2.24, 2.45) is 0 Å². The monoisotopic (exact) mass is 576 g/mol. The van der Waals surface area contributed by atoms with Crippen molar-refractivity contribution in [3.8, 4) is 17.4 Å². The number of hydrogen-bond acceptors (Lipinski definition) is 7. The van der Waals surface area contributed by atoms with Crippen LogP contribution in [0.4, 0.5) is 0 Å². The number of ether oxygens (including phenoxy) is 3. The lowest BCUT2D eigenvalue weighted by atomic mass is 9.84. The molecule has 0 unspecified atom stereocenters. The van der Waals surface area contributed by atoms with E-state index in [1.807, 2.05) is 54.6 Å². The highest BCUT2D eigenvalue weighted by atomic mass is 35.5. The molecule has 0 bridgehead atoms. The summed E-state index contributed by atoms with van der Waals surface area (Å²) in [6.07, 6.45) is 6.72. The molecular formula is C33H37ClN2O5. The van der Waals surface area contributed by atoms with E-state index in [0.717, 1.165) is 48.3 Å². The molecule has 2 aliphatic rings. The van der Waals surface area contributed by atoms with Gasteiger partial charge in [-0.15, -0.1) is 0 Å². The maximum Gasteiger partial charge on any atom is 0.349 e. The van der Waals surface area contributed by atoms with Crippen molar-refractivity contribution in [1.82, 2.24) is 9.88 Å². The second-order valence-corrected chi connectivity index (χ2v) is 11.5. The van der Waals surface area contributed by atoms with Crippen LogP contribution in [0, 0.1) is 0 Å². The smallest absolute Gasteiger partial charge is 0.349 e. The molecule has 1 aromatic heterocycles. The number of aliphatic hydroxyl groups is 1. The van der Waals surface area contributed by atoms with Gasteiger partial charge in [-0.2, -0.15) is 0 Å². The Labute approximate surface area is 246 Å². The zero-order valence-corrected chi connectivity index (χ0v) is 24.6. The number of rotatable bonds is 8. The van der Waals surface area contributed by atoms with E-state index < -0.39 is 17.2 Å². The van der Waals surface area contributed by atoms with Crippen molar-refractivity contribution in [2.45, 2.75) is 57.7 Å². The van der Waals surface area contributed by atoms with E-state index >= 15 is 0 Å².